The molecule has 1 aromatic carbocycles. The van der Waals surface area contributed by atoms with Gasteiger partial charge in [0.25, 0.3) is 5.91 Å². The summed E-state index contributed by atoms with van der Waals surface area (Å²) in [6.07, 6.45) is 0.920. The van der Waals surface area contributed by atoms with Crippen molar-refractivity contribution in [2.24, 2.45) is 0 Å². The monoisotopic (exact) mass is 242 g/mol. The van der Waals surface area contributed by atoms with E-state index in [0.717, 1.165) is 30.8 Å². The van der Waals surface area contributed by atoms with Crippen molar-refractivity contribution in [1.82, 2.24) is 15.5 Å². The van der Waals surface area contributed by atoms with Crippen molar-refractivity contribution >= 4 is 11.7 Å². The Morgan fingerprint density at radius 2 is 2.11 bits per heavy atom. The number of rotatable bonds is 2. The Kier molecular flexibility index (Phi) is 2.82. The van der Waals surface area contributed by atoms with Crippen LogP contribution in [0, 0.1) is 0 Å². The minimum Gasteiger partial charge on any atom is -0.312 e. The third kappa shape index (κ3) is 2.00. The number of fused-ring (bicyclic) bond motifs is 1. The van der Waals surface area contributed by atoms with Gasteiger partial charge in [0.05, 0.1) is 0 Å². The molecule has 1 aliphatic rings. The number of aromatic amines is 1. The van der Waals surface area contributed by atoms with E-state index in [1.807, 2.05) is 18.2 Å². The normalized spacial score (nSPS) is 14.0. The molecule has 0 spiro atoms. The Morgan fingerprint density at radius 1 is 1.28 bits per heavy atom. The zero-order valence-electron chi connectivity index (χ0n) is 9.86. The fraction of sp³-hybridized carbons (Fsp3) is 0.231. The van der Waals surface area contributed by atoms with Gasteiger partial charge in [-0.05, 0) is 12.1 Å². The molecule has 92 valence electrons. The number of nitrogens with zero attached hydrogens (tertiary/aromatic N) is 1. The van der Waals surface area contributed by atoms with Gasteiger partial charge < -0.3 is 10.6 Å². The average molecular weight is 242 g/mol. The van der Waals surface area contributed by atoms with Crippen LogP contribution in [-0.2, 0) is 13.0 Å². The minimum absolute atomic E-state index is 0.129. The largest absolute Gasteiger partial charge is 0.312 e. The van der Waals surface area contributed by atoms with Crippen LogP contribution in [0.3, 0.4) is 0 Å². The summed E-state index contributed by atoms with van der Waals surface area (Å²) in [6, 6.07) is 9.14. The molecule has 0 fully saturated rings. The van der Waals surface area contributed by atoms with Crippen molar-refractivity contribution < 1.29 is 4.79 Å². The summed E-state index contributed by atoms with van der Waals surface area (Å²) in [6.45, 7) is 1.69. The van der Waals surface area contributed by atoms with Gasteiger partial charge in [-0.3, -0.25) is 9.89 Å². The molecule has 2 aromatic rings. The topological polar surface area (TPSA) is 69.8 Å². The summed E-state index contributed by atoms with van der Waals surface area (Å²) in [5, 5.41) is 13.3. The summed E-state index contributed by atoms with van der Waals surface area (Å²) >= 11 is 0. The molecule has 1 aliphatic heterocycles. The summed E-state index contributed by atoms with van der Waals surface area (Å²) in [4.78, 5) is 12.0. The van der Waals surface area contributed by atoms with Crippen LogP contribution in [0.4, 0.5) is 5.82 Å². The number of hydrogen-bond donors (Lipinski definition) is 3. The Hall–Kier alpha value is -2.14. The number of benzene rings is 1. The quantitative estimate of drug-likeness (QED) is 0.743. The van der Waals surface area contributed by atoms with Crippen LogP contribution in [0.15, 0.2) is 30.3 Å². The molecule has 18 heavy (non-hydrogen) atoms. The first-order valence-electron chi connectivity index (χ1n) is 5.98. The van der Waals surface area contributed by atoms with Crippen LogP contribution < -0.4 is 10.6 Å². The Bertz CT molecular complexity index is 562. The molecule has 0 bridgehead atoms. The maximum absolute atomic E-state index is 12.0. The van der Waals surface area contributed by atoms with Crippen molar-refractivity contribution in [2.75, 3.05) is 11.9 Å². The van der Waals surface area contributed by atoms with E-state index < -0.39 is 0 Å². The van der Waals surface area contributed by atoms with Gasteiger partial charge in [0.1, 0.15) is 0 Å². The van der Waals surface area contributed by atoms with Crippen molar-refractivity contribution in [3.8, 4) is 0 Å². The molecule has 0 saturated heterocycles. The van der Waals surface area contributed by atoms with E-state index in [2.05, 4.69) is 20.8 Å². The highest BCUT2D eigenvalue weighted by Crippen LogP contribution is 2.20. The van der Waals surface area contributed by atoms with Gasteiger partial charge in [0.15, 0.2) is 5.82 Å². The predicted octanol–water partition coefficient (Wildman–Crippen LogP) is 1.31. The Labute approximate surface area is 105 Å². The van der Waals surface area contributed by atoms with Gasteiger partial charge in [-0.25, -0.2) is 0 Å². The van der Waals surface area contributed by atoms with Gasteiger partial charge in [0, 0.05) is 36.3 Å². The van der Waals surface area contributed by atoms with E-state index in [4.69, 9.17) is 0 Å². The number of amides is 1. The van der Waals surface area contributed by atoms with E-state index in [0.29, 0.717) is 11.4 Å². The lowest BCUT2D eigenvalue weighted by Gasteiger charge is -2.13. The third-order valence-electron chi connectivity index (χ3n) is 3.07. The molecule has 5 heteroatoms. The fourth-order valence-corrected chi connectivity index (χ4v) is 2.10. The van der Waals surface area contributed by atoms with Gasteiger partial charge in [-0.1, -0.05) is 18.2 Å². The second kappa shape index (κ2) is 4.62. The summed E-state index contributed by atoms with van der Waals surface area (Å²) < 4.78 is 0. The molecule has 1 amide bonds. The molecule has 0 aliphatic carbocycles. The number of carbonyl (C=O) groups excluding carboxylic acids is 1. The molecular weight excluding hydrogens is 228 g/mol. The molecule has 0 radical (unpaired) electrons. The number of carbonyl (C=O) groups is 1. The fourth-order valence-electron chi connectivity index (χ4n) is 2.10. The molecular formula is C13H14N4O. The van der Waals surface area contributed by atoms with E-state index in [-0.39, 0.29) is 5.91 Å². The lowest BCUT2D eigenvalue weighted by molar-refractivity contribution is 0.102. The van der Waals surface area contributed by atoms with Crippen LogP contribution in [0.2, 0.25) is 0 Å². The number of nitrogens with one attached hydrogen (secondary N) is 3. The van der Waals surface area contributed by atoms with Crippen LogP contribution in [0.25, 0.3) is 0 Å². The summed E-state index contributed by atoms with van der Waals surface area (Å²) in [5.41, 5.74) is 2.81. The van der Waals surface area contributed by atoms with E-state index in [1.54, 1.807) is 12.1 Å². The summed E-state index contributed by atoms with van der Waals surface area (Å²) in [5.74, 6) is 0.501. The lowest BCUT2D eigenvalue weighted by atomic mass is 10.1. The van der Waals surface area contributed by atoms with Crippen LogP contribution >= 0.6 is 0 Å². The van der Waals surface area contributed by atoms with E-state index in [1.165, 1.54) is 0 Å². The first-order valence-corrected chi connectivity index (χ1v) is 5.98. The van der Waals surface area contributed by atoms with Crippen molar-refractivity contribution in [3.05, 3.63) is 47.2 Å². The highest BCUT2D eigenvalue weighted by Gasteiger charge is 2.18. The van der Waals surface area contributed by atoms with Gasteiger partial charge in [0.2, 0.25) is 0 Å². The Balaban J connectivity index is 1.81. The van der Waals surface area contributed by atoms with Crippen molar-refractivity contribution in [1.29, 1.82) is 0 Å². The lowest BCUT2D eigenvalue weighted by Crippen LogP contribution is -2.24. The standard InChI is InChI=1S/C13H14N4O/c18-13(9-4-2-1-3-5-9)15-12-10-8-14-7-6-11(10)16-17-12/h1-5,14H,6-8H2,(H2,15,16,17,18). The first-order chi connectivity index (χ1) is 8.84. The number of aromatic nitrogens is 2. The second-order valence-electron chi connectivity index (χ2n) is 4.28. The van der Waals surface area contributed by atoms with E-state index >= 15 is 0 Å². The maximum Gasteiger partial charge on any atom is 0.256 e. The van der Waals surface area contributed by atoms with Gasteiger partial charge in [-0.15, -0.1) is 0 Å². The predicted molar refractivity (Wildman–Crippen MR) is 68.4 cm³/mol. The van der Waals surface area contributed by atoms with Crippen molar-refractivity contribution in [3.63, 3.8) is 0 Å². The van der Waals surface area contributed by atoms with Crippen LogP contribution in [0.5, 0.6) is 0 Å². The maximum atomic E-state index is 12.0. The third-order valence-corrected chi connectivity index (χ3v) is 3.07. The highest BCUT2D eigenvalue weighted by atomic mass is 16.1. The highest BCUT2D eigenvalue weighted by molar-refractivity contribution is 6.04. The molecule has 0 saturated carbocycles. The molecule has 3 N–H and O–H groups in total. The second-order valence-corrected chi connectivity index (χ2v) is 4.28. The molecule has 0 atom stereocenters. The molecule has 3 rings (SSSR count). The van der Waals surface area contributed by atoms with Crippen LogP contribution in [-0.4, -0.2) is 22.6 Å². The molecule has 5 nitrogen and oxygen atoms in total. The number of hydrogen-bond acceptors (Lipinski definition) is 3. The van der Waals surface area contributed by atoms with Gasteiger partial charge in [-0.2, -0.15) is 5.10 Å². The zero-order valence-corrected chi connectivity index (χ0v) is 9.86. The van der Waals surface area contributed by atoms with Crippen molar-refractivity contribution in [2.45, 2.75) is 13.0 Å². The smallest absolute Gasteiger partial charge is 0.256 e. The molecule has 2 heterocycles. The Morgan fingerprint density at radius 3 is 2.94 bits per heavy atom. The summed E-state index contributed by atoms with van der Waals surface area (Å²) in [7, 11) is 0. The van der Waals surface area contributed by atoms with Crippen LogP contribution in [0.1, 0.15) is 21.6 Å². The zero-order chi connectivity index (χ0) is 12.4. The minimum atomic E-state index is -0.129. The average Bonchev–Trinajstić information content (AvgIpc) is 2.83. The SMILES string of the molecule is O=C(Nc1n[nH]c2c1CNCC2)c1ccccc1. The van der Waals surface area contributed by atoms with Gasteiger partial charge >= 0.3 is 0 Å². The molecule has 0 unspecified atom stereocenters. The first kappa shape index (κ1) is 11.0. The molecule has 1 aromatic heterocycles. The number of H-pyrrole nitrogens is 1. The number of anilines is 1. The van der Waals surface area contributed by atoms with E-state index in [9.17, 15) is 4.79 Å².